The van der Waals surface area contributed by atoms with Gasteiger partial charge in [-0.15, -0.1) is 0 Å². The van der Waals surface area contributed by atoms with Crippen molar-refractivity contribution >= 4 is 17.7 Å². The summed E-state index contributed by atoms with van der Waals surface area (Å²) in [5, 5.41) is 5.52. The van der Waals surface area contributed by atoms with Gasteiger partial charge in [-0.05, 0) is 30.7 Å². The minimum Gasteiger partial charge on any atom is -0.483 e. The molecule has 1 heterocycles. The summed E-state index contributed by atoms with van der Waals surface area (Å²) in [5.41, 5.74) is 1.13. The van der Waals surface area contributed by atoms with Crippen LogP contribution in [0.5, 0.6) is 17.2 Å². The van der Waals surface area contributed by atoms with Crippen molar-refractivity contribution in [2.75, 3.05) is 34.0 Å². The minimum absolute atomic E-state index is 0.0972. The van der Waals surface area contributed by atoms with Gasteiger partial charge in [-0.1, -0.05) is 25.1 Å². The van der Waals surface area contributed by atoms with Crippen LogP contribution < -0.4 is 24.8 Å². The first-order valence-corrected chi connectivity index (χ1v) is 10.3. The number of benzene rings is 2. The number of nitrogens with zero attached hydrogens (tertiary/aromatic N) is 1. The first kappa shape index (κ1) is 22.9. The Balaban J connectivity index is 1.58. The van der Waals surface area contributed by atoms with Crippen LogP contribution in [0.4, 0.5) is 0 Å². The lowest BCUT2D eigenvalue weighted by Gasteiger charge is -2.21. The third kappa shape index (κ3) is 5.69. The summed E-state index contributed by atoms with van der Waals surface area (Å²) in [6.45, 7) is 1.76. The van der Waals surface area contributed by atoms with Crippen LogP contribution in [0.2, 0.25) is 0 Å². The van der Waals surface area contributed by atoms with Gasteiger partial charge in [0.25, 0.3) is 11.8 Å². The van der Waals surface area contributed by atoms with Gasteiger partial charge >= 0.3 is 0 Å². The number of carbonyl (C=O) groups is 3. The van der Waals surface area contributed by atoms with E-state index in [9.17, 15) is 14.4 Å². The molecule has 0 fully saturated rings. The molecule has 32 heavy (non-hydrogen) atoms. The Labute approximate surface area is 186 Å². The predicted molar refractivity (Wildman–Crippen MR) is 117 cm³/mol. The molecule has 0 spiro atoms. The first-order valence-electron chi connectivity index (χ1n) is 10.3. The second kappa shape index (κ2) is 10.5. The van der Waals surface area contributed by atoms with E-state index in [1.165, 1.54) is 4.90 Å². The van der Waals surface area contributed by atoms with Crippen LogP contribution in [-0.2, 0) is 9.59 Å². The average molecular weight is 441 g/mol. The van der Waals surface area contributed by atoms with E-state index < -0.39 is 5.91 Å². The maximum Gasteiger partial charge on any atom is 0.259 e. The highest BCUT2D eigenvalue weighted by Gasteiger charge is 2.20. The van der Waals surface area contributed by atoms with Gasteiger partial charge in [0, 0.05) is 25.2 Å². The third-order valence-corrected chi connectivity index (χ3v) is 4.93. The van der Waals surface area contributed by atoms with E-state index in [-0.39, 0.29) is 37.8 Å². The average Bonchev–Trinajstić information content (AvgIpc) is 3.27. The Morgan fingerprint density at radius 1 is 1.09 bits per heavy atom. The highest BCUT2D eigenvalue weighted by molar-refractivity contribution is 5.97. The molecule has 1 atom stereocenters. The predicted octanol–water partition coefficient (Wildman–Crippen LogP) is 1.88. The minimum atomic E-state index is -0.391. The summed E-state index contributed by atoms with van der Waals surface area (Å²) in [4.78, 5) is 38.2. The molecule has 9 heteroatoms. The van der Waals surface area contributed by atoms with Gasteiger partial charge in [0.05, 0.1) is 12.6 Å². The monoisotopic (exact) mass is 441 g/mol. The molecular weight excluding hydrogens is 414 g/mol. The molecule has 0 bridgehead atoms. The van der Waals surface area contributed by atoms with Crippen LogP contribution in [0.15, 0.2) is 42.5 Å². The summed E-state index contributed by atoms with van der Waals surface area (Å²) < 4.78 is 16.2. The second-order valence-electron chi connectivity index (χ2n) is 7.39. The molecule has 3 amide bonds. The van der Waals surface area contributed by atoms with E-state index in [1.807, 2.05) is 19.1 Å². The summed E-state index contributed by atoms with van der Waals surface area (Å²) >= 11 is 0. The quantitative estimate of drug-likeness (QED) is 0.616. The molecule has 2 aromatic carbocycles. The lowest BCUT2D eigenvalue weighted by Crippen LogP contribution is -2.38. The highest BCUT2D eigenvalue weighted by atomic mass is 16.7. The molecule has 9 nitrogen and oxygen atoms in total. The van der Waals surface area contributed by atoms with Crippen LogP contribution in [0.1, 0.15) is 35.3 Å². The molecule has 2 aromatic rings. The van der Waals surface area contributed by atoms with Crippen molar-refractivity contribution in [2.45, 2.75) is 19.4 Å². The number of fused-ring (bicyclic) bond motifs is 1. The molecule has 0 radical (unpaired) electrons. The highest BCUT2D eigenvalue weighted by Crippen LogP contribution is 2.32. The van der Waals surface area contributed by atoms with Crippen LogP contribution in [0.3, 0.4) is 0 Å². The summed E-state index contributed by atoms with van der Waals surface area (Å²) in [6.07, 6.45) is 0.601. The van der Waals surface area contributed by atoms with E-state index >= 15 is 0 Å². The zero-order valence-corrected chi connectivity index (χ0v) is 18.3. The Morgan fingerprint density at radius 2 is 1.84 bits per heavy atom. The lowest BCUT2D eigenvalue weighted by molar-refractivity contribution is -0.130. The fourth-order valence-corrected chi connectivity index (χ4v) is 3.11. The van der Waals surface area contributed by atoms with Crippen molar-refractivity contribution in [2.24, 2.45) is 0 Å². The Bertz CT molecular complexity index is 991. The zero-order valence-electron chi connectivity index (χ0n) is 18.3. The van der Waals surface area contributed by atoms with Crippen molar-refractivity contribution in [1.29, 1.82) is 0 Å². The summed E-state index contributed by atoms with van der Waals surface area (Å²) in [5.74, 6) is 0.709. The van der Waals surface area contributed by atoms with Crippen LogP contribution >= 0.6 is 0 Å². The van der Waals surface area contributed by atoms with Gasteiger partial charge in [-0.3, -0.25) is 14.4 Å². The van der Waals surface area contributed by atoms with E-state index in [0.717, 1.165) is 5.56 Å². The molecule has 2 N–H and O–H groups in total. The van der Waals surface area contributed by atoms with Crippen LogP contribution in [0.25, 0.3) is 0 Å². The van der Waals surface area contributed by atoms with E-state index in [0.29, 0.717) is 29.2 Å². The number of nitrogens with one attached hydrogen (secondary N) is 2. The molecule has 0 saturated heterocycles. The normalized spacial score (nSPS) is 12.6. The van der Waals surface area contributed by atoms with E-state index in [2.05, 4.69) is 10.6 Å². The number of para-hydroxylation sites is 1. The number of carbonyl (C=O) groups excluding carboxylic acids is 3. The number of hydrogen-bond acceptors (Lipinski definition) is 6. The van der Waals surface area contributed by atoms with E-state index in [4.69, 9.17) is 14.2 Å². The topological polar surface area (TPSA) is 106 Å². The van der Waals surface area contributed by atoms with Crippen LogP contribution in [0, 0.1) is 0 Å². The third-order valence-electron chi connectivity index (χ3n) is 4.93. The Hall–Kier alpha value is -3.75. The van der Waals surface area contributed by atoms with Gasteiger partial charge < -0.3 is 29.7 Å². The smallest absolute Gasteiger partial charge is 0.259 e. The van der Waals surface area contributed by atoms with Gasteiger partial charge in [0.15, 0.2) is 18.1 Å². The molecule has 3 rings (SSSR count). The van der Waals surface area contributed by atoms with Crippen LogP contribution in [-0.4, -0.2) is 56.7 Å². The first-order chi connectivity index (χ1) is 15.4. The second-order valence-corrected chi connectivity index (χ2v) is 7.39. The summed E-state index contributed by atoms with van der Waals surface area (Å²) in [7, 11) is 3.31. The number of amides is 3. The number of rotatable bonds is 9. The Morgan fingerprint density at radius 3 is 2.59 bits per heavy atom. The fraction of sp³-hybridized carbons (Fsp3) is 0.348. The number of likely N-dealkylation sites (N-methyl/N-ethyl adjacent to an activating group) is 1. The lowest BCUT2D eigenvalue weighted by atomic mass is 10.0. The van der Waals surface area contributed by atoms with Crippen molar-refractivity contribution in [3.63, 3.8) is 0 Å². The molecule has 1 aliphatic heterocycles. The molecule has 0 aliphatic carbocycles. The number of hydrogen-bond donors (Lipinski definition) is 2. The maximum absolute atomic E-state index is 12.5. The Kier molecular flexibility index (Phi) is 7.54. The zero-order chi connectivity index (χ0) is 23.1. The van der Waals surface area contributed by atoms with E-state index in [1.54, 1.807) is 44.4 Å². The standard InChI is InChI=1S/C23H27N3O6/c1-4-17(16-7-5-6-8-18(16)30-13-22(28)26(2)3)25-21(27)12-24-23(29)15-9-10-19-20(11-15)32-14-31-19/h5-11,17H,4,12-14H2,1-3H3,(H,24,29)(H,25,27). The molecule has 170 valence electrons. The van der Waals surface area contributed by atoms with Crippen molar-refractivity contribution in [3.8, 4) is 17.2 Å². The molecule has 1 unspecified atom stereocenters. The van der Waals surface area contributed by atoms with Gasteiger partial charge in [0.1, 0.15) is 5.75 Å². The molecule has 0 saturated carbocycles. The SMILES string of the molecule is CCC(NC(=O)CNC(=O)c1ccc2c(c1)OCO2)c1ccccc1OCC(=O)N(C)C. The summed E-state index contributed by atoms with van der Waals surface area (Å²) in [6, 6.07) is 11.7. The molecule has 1 aliphatic rings. The van der Waals surface area contributed by atoms with Gasteiger partial charge in [0.2, 0.25) is 12.7 Å². The molecular formula is C23H27N3O6. The van der Waals surface area contributed by atoms with Crippen molar-refractivity contribution in [1.82, 2.24) is 15.5 Å². The van der Waals surface area contributed by atoms with Crippen molar-refractivity contribution in [3.05, 3.63) is 53.6 Å². The fourth-order valence-electron chi connectivity index (χ4n) is 3.11. The molecule has 0 aromatic heterocycles. The largest absolute Gasteiger partial charge is 0.483 e. The maximum atomic E-state index is 12.5. The van der Waals surface area contributed by atoms with Crippen molar-refractivity contribution < 1.29 is 28.6 Å². The van der Waals surface area contributed by atoms with Gasteiger partial charge in [-0.25, -0.2) is 0 Å². The number of ether oxygens (including phenoxy) is 3. The van der Waals surface area contributed by atoms with Gasteiger partial charge in [-0.2, -0.15) is 0 Å².